The quantitative estimate of drug-likeness (QED) is 0.813. The monoisotopic (exact) mass is 264 g/mol. The van der Waals surface area contributed by atoms with E-state index in [-0.39, 0.29) is 0 Å². The van der Waals surface area contributed by atoms with Gasteiger partial charge in [-0.15, -0.1) is 0 Å². The van der Waals surface area contributed by atoms with Crippen molar-refractivity contribution in [3.63, 3.8) is 0 Å². The van der Waals surface area contributed by atoms with E-state index in [1.807, 2.05) is 12.4 Å². The van der Waals surface area contributed by atoms with Crippen molar-refractivity contribution >= 4 is 0 Å². The number of nitrogens with zero attached hydrogens (tertiary/aromatic N) is 3. The Morgan fingerprint density at radius 2 is 2.37 bits per heavy atom. The molecule has 108 valence electrons. The maximum atomic E-state index is 4.42. The standard InChI is InChI=1S/C15H28N4/c1-3-9-19(13-14-5-4-7-16-12-14)10-6-15-17-8-11-18(15)2/h8,11,14,16H,3-7,9-10,12-13H2,1-2H3. The van der Waals surface area contributed by atoms with Crippen LogP contribution in [0.3, 0.4) is 0 Å². The van der Waals surface area contributed by atoms with Gasteiger partial charge in [0.25, 0.3) is 0 Å². The summed E-state index contributed by atoms with van der Waals surface area (Å²) < 4.78 is 2.13. The van der Waals surface area contributed by atoms with E-state index >= 15 is 0 Å². The van der Waals surface area contributed by atoms with Crippen LogP contribution in [-0.4, -0.2) is 47.2 Å². The smallest absolute Gasteiger partial charge is 0.109 e. The van der Waals surface area contributed by atoms with Crippen molar-refractivity contribution in [2.75, 3.05) is 32.7 Å². The predicted octanol–water partition coefficient (Wildman–Crippen LogP) is 1.67. The first-order valence-corrected chi connectivity index (χ1v) is 7.69. The maximum Gasteiger partial charge on any atom is 0.109 e. The fraction of sp³-hybridized carbons (Fsp3) is 0.800. The van der Waals surface area contributed by atoms with Gasteiger partial charge in [-0.1, -0.05) is 6.92 Å². The molecule has 1 atom stereocenters. The Hall–Kier alpha value is -0.870. The van der Waals surface area contributed by atoms with E-state index in [9.17, 15) is 0 Å². The summed E-state index contributed by atoms with van der Waals surface area (Å²) in [7, 11) is 2.08. The zero-order valence-corrected chi connectivity index (χ0v) is 12.4. The molecule has 2 rings (SSSR count). The van der Waals surface area contributed by atoms with Crippen LogP contribution in [0, 0.1) is 5.92 Å². The van der Waals surface area contributed by atoms with Crippen molar-refractivity contribution in [2.24, 2.45) is 13.0 Å². The number of hydrogen-bond donors (Lipinski definition) is 1. The summed E-state index contributed by atoms with van der Waals surface area (Å²) in [6, 6.07) is 0. The Morgan fingerprint density at radius 1 is 1.47 bits per heavy atom. The summed E-state index contributed by atoms with van der Waals surface area (Å²) in [4.78, 5) is 7.04. The Morgan fingerprint density at radius 3 is 3.00 bits per heavy atom. The molecule has 1 aromatic rings. The molecule has 19 heavy (non-hydrogen) atoms. The fourth-order valence-corrected chi connectivity index (χ4v) is 2.95. The van der Waals surface area contributed by atoms with E-state index in [1.54, 1.807) is 0 Å². The Labute approximate surface area is 117 Å². The highest BCUT2D eigenvalue weighted by atomic mass is 15.1. The maximum absolute atomic E-state index is 4.42. The molecule has 1 aliphatic heterocycles. The fourth-order valence-electron chi connectivity index (χ4n) is 2.95. The van der Waals surface area contributed by atoms with Crippen LogP contribution >= 0.6 is 0 Å². The van der Waals surface area contributed by atoms with Gasteiger partial charge in [0.2, 0.25) is 0 Å². The summed E-state index contributed by atoms with van der Waals surface area (Å²) in [5.41, 5.74) is 0. The second kappa shape index (κ2) is 7.65. The van der Waals surface area contributed by atoms with Gasteiger partial charge >= 0.3 is 0 Å². The highest BCUT2D eigenvalue weighted by Crippen LogP contribution is 2.12. The lowest BCUT2D eigenvalue weighted by Gasteiger charge is -2.30. The molecule has 1 unspecified atom stereocenters. The topological polar surface area (TPSA) is 33.1 Å². The lowest BCUT2D eigenvalue weighted by atomic mass is 9.99. The van der Waals surface area contributed by atoms with E-state index in [4.69, 9.17) is 0 Å². The number of piperidine rings is 1. The van der Waals surface area contributed by atoms with Gasteiger partial charge in [-0.05, 0) is 44.8 Å². The summed E-state index contributed by atoms with van der Waals surface area (Å²) in [6.07, 6.45) is 8.94. The van der Waals surface area contributed by atoms with Crippen molar-refractivity contribution in [3.8, 4) is 0 Å². The molecule has 0 saturated carbocycles. The first-order chi connectivity index (χ1) is 9.29. The molecule has 1 saturated heterocycles. The Bertz CT molecular complexity index is 355. The van der Waals surface area contributed by atoms with Gasteiger partial charge in [0.05, 0.1) is 0 Å². The van der Waals surface area contributed by atoms with E-state index < -0.39 is 0 Å². The third kappa shape index (κ3) is 4.62. The van der Waals surface area contributed by atoms with Crippen molar-refractivity contribution in [1.82, 2.24) is 19.8 Å². The van der Waals surface area contributed by atoms with Gasteiger partial charge in [0.15, 0.2) is 0 Å². The van der Waals surface area contributed by atoms with Crippen LogP contribution in [-0.2, 0) is 13.5 Å². The minimum absolute atomic E-state index is 0.835. The van der Waals surface area contributed by atoms with E-state index in [0.29, 0.717) is 0 Å². The molecule has 0 aromatic carbocycles. The molecule has 0 spiro atoms. The molecule has 1 aromatic heterocycles. The summed E-state index contributed by atoms with van der Waals surface area (Å²) >= 11 is 0. The van der Waals surface area contributed by atoms with Gasteiger partial charge in [0, 0.05) is 39.0 Å². The lowest BCUT2D eigenvalue weighted by molar-refractivity contribution is 0.209. The molecule has 2 heterocycles. The van der Waals surface area contributed by atoms with E-state index in [1.165, 1.54) is 51.3 Å². The van der Waals surface area contributed by atoms with E-state index in [2.05, 4.69) is 33.7 Å². The molecule has 0 bridgehead atoms. The van der Waals surface area contributed by atoms with Crippen molar-refractivity contribution in [3.05, 3.63) is 18.2 Å². The van der Waals surface area contributed by atoms with Crippen LogP contribution in [0.25, 0.3) is 0 Å². The average molecular weight is 264 g/mol. The molecule has 1 fully saturated rings. The number of nitrogens with one attached hydrogen (secondary N) is 1. The Balaban J connectivity index is 1.79. The summed E-state index contributed by atoms with van der Waals surface area (Å²) in [6.45, 7) is 8.26. The van der Waals surface area contributed by atoms with Gasteiger partial charge in [0.1, 0.15) is 5.82 Å². The van der Waals surface area contributed by atoms with Crippen LogP contribution in [0.2, 0.25) is 0 Å². The van der Waals surface area contributed by atoms with Crippen molar-refractivity contribution in [1.29, 1.82) is 0 Å². The summed E-state index contributed by atoms with van der Waals surface area (Å²) in [5.74, 6) is 2.03. The Kier molecular flexibility index (Phi) is 5.86. The van der Waals surface area contributed by atoms with Gasteiger partial charge in [-0.2, -0.15) is 0 Å². The number of imidazole rings is 1. The molecule has 4 nitrogen and oxygen atoms in total. The second-order valence-corrected chi connectivity index (χ2v) is 5.72. The minimum atomic E-state index is 0.835. The van der Waals surface area contributed by atoms with Crippen LogP contribution in [0.4, 0.5) is 0 Å². The molecule has 4 heteroatoms. The minimum Gasteiger partial charge on any atom is -0.338 e. The third-order valence-electron chi connectivity index (χ3n) is 4.03. The second-order valence-electron chi connectivity index (χ2n) is 5.72. The van der Waals surface area contributed by atoms with Crippen LogP contribution < -0.4 is 5.32 Å². The van der Waals surface area contributed by atoms with Crippen LogP contribution in [0.15, 0.2) is 12.4 Å². The van der Waals surface area contributed by atoms with Gasteiger partial charge < -0.3 is 14.8 Å². The third-order valence-corrected chi connectivity index (χ3v) is 4.03. The number of aromatic nitrogens is 2. The normalized spacial score (nSPS) is 20.1. The van der Waals surface area contributed by atoms with Crippen molar-refractivity contribution < 1.29 is 0 Å². The number of rotatable bonds is 7. The number of aryl methyl sites for hydroxylation is 1. The van der Waals surface area contributed by atoms with Crippen LogP contribution in [0.1, 0.15) is 32.0 Å². The first kappa shape index (κ1) is 14.5. The highest BCUT2D eigenvalue weighted by Gasteiger charge is 2.16. The van der Waals surface area contributed by atoms with Gasteiger partial charge in [-0.25, -0.2) is 4.98 Å². The largest absolute Gasteiger partial charge is 0.338 e. The molecular formula is C15H28N4. The zero-order valence-electron chi connectivity index (χ0n) is 12.4. The SMILES string of the molecule is CCCN(CCc1nccn1C)CC1CCCNC1. The predicted molar refractivity (Wildman–Crippen MR) is 79.2 cm³/mol. The molecule has 1 aliphatic rings. The zero-order chi connectivity index (χ0) is 13.5. The first-order valence-electron chi connectivity index (χ1n) is 7.69. The number of hydrogen-bond acceptors (Lipinski definition) is 3. The highest BCUT2D eigenvalue weighted by molar-refractivity contribution is 4.92. The van der Waals surface area contributed by atoms with E-state index in [0.717, 1.165) is 18.9 Å². The molecule has 0 amide bonds. The molecule has 0 aliphatic carbocycles. The molecule has 0 radical (unpaired) electrons. The summed E-state index contributed by atoms with van der Waals surface area (Å²) in [5, 5.41) is 3.52. The van der Waals surface area contributed by atoms with Crippen molar-refractivity contribution in [2.45, 2.75) is 32.6 Å². The lowest BCUT2D eigenvalue weighted by Crippen LogP contribution is -2.39. The van der Waals surface area contributed by atoms with Gasteiger partial charge in [-0.3, -0.25) is 0 Å². The molecular weight excluding hydrogens is 236 g/mol. The van der Waals surface area contributed by atoms with Crippen LogP contribution in [0.5, 0.6) is 0 Å². The average Bonchev–Trinajstić information content (AvgIpc) is 2.83. The molecule has 1 N–H and O–H groups in total.